The molecule has 4 N–H and O–H groups in total. The quantitative estimate of drug-likeness (QED) is 0.624. The molecule has 2 fully saturated rings. The van der Waals surface area contributed by atoms with Gasteiger partial charge in [0.15, 0.2) is 0 Å². The Morgan fingerprint density at radius 1 is 1.23 bits per heavy atom. The molecule has 0 aliphatic carbocycles. The second-order valence-corrected chi connectivity index (χ2v) is 9.78. The second-order valence-electron chi connectivity index (χ2n) is 9.37. The van der Waals surface area contributed by atoms with Crippen molar-refractivity contribution in [1.29, 1.82) is 0 Å². The highest BCUT2D eigenvalue weighted by Crippen LogP contribution is 2.55. The van der Waals surface area contributed by atoms with E-state index in [4.69, 9.17) is 17.3 Å². The topological polar surface area (TPSA) is 122 Å². The lowest BCUT2D eigenvalue weighted by atomic mass is 9.76. The Morgan fingerprint density at radius 2 is 1.90 bits per heavy atom. The van der Waals surface area contributed by atoms with E-state index >= 15 is 0 Å². The summed E-state index contributed by atoms with van der Waals surface area (Å²) in [5.74, 6) is -3.36. The normalized spacial score (nSPS) is 30.1. The molecule has 30 heavy (non-hydrogen) atoms. The summed E-state index contributed by atoms with van der Waals surface area (Å²) in [5, 5.41) is 6.45. The Hall–Kier alpha value is -2.45. The molecule has 4 atom stereocenters. The summed E-state index contributed by atoms with van der Waals surface area (Å²) in [6, 6.07) is 3.00. The van der Waals surface area contributed by atoms with Gasteiger partial charge in [0.05, 0.1) is 22.5 Å². The molecule has 4 amide bonds. The zero-order valence-electron chi connectivity index (χ0n) is 17.3. The molecule has 0 saturated carbocycles. The van der Waals surface area contributed by atoms with Gasteiger partial charge in [-0.05, 0) is 45.7 Å². The van der Waals surface area contributed by atoms with Crippen molar-refractivity contribution < 1.29 is 19.2 Å². The first-order chi connectivity index (χ1) is 13.9. The van der Waals surface area contributed by atoms with Gasteiger partial charge in [0.1, 0.15) is 5.54 Å². The molecule has 0 bridgehead atoms. The van der Waals surface area contributed by atoms with Crippen molar-refractivity contribution in [2.45, 2.75) is 57.7 Å². The van der Waals surface area contributed by atoms with Gasteiger partial charge in [-0.3, -0.25) is 29.4 Å². The van der Waals surface area contributed by atoms with Crippen LogP contribution in [0.25, 0.3) is 0 Å². The van der Waals surface area contributed by atoms with Crippen LogP contribution in [-0.4, -0.2) is 40.1 Å². The number of hydrogen-bond acceptors (Lipinski definition) is 5. The molecule has 1 aromatic rings. The number of primary amides is 1. The molecule has 8 nitrogen and oxygen atoms in total. The number of carbonyl (C=O) groups excluding carboxylic acids is 4. The van der Waals surface area contributed by atoms with E-state index in [-0.39, 0.29) is 18.7 Å². The first-order valence-corrected chi connectivity index (χ1v) is 10.3. The van der Waals surface area contributed by atoms with Gasteiger partial charge in [0.25, 0.3) is 0 Å². The smallest absolute Gasteiger partial charge is 0.250 e. The molecular formula is C21H25ClN4O4. The average Bonchev–Trinajstić information content (AvgIpc) is 3.18. The molecule has 0 radical (unpaired) electrons. The fourth-order valence-electron chi connectivity index (χ4n) is 5.20. The summed E-state index contributed by atoms with van der Waals surface area (Å²) in [7, 11) is 0. The van der Waals surface area contributed by atoms with Crippen LogP contribution in [0.1, 0.15) is 44.7 Å². The van der Waals surface area contributed by atoms with E-state index in [2.05, 4.69) is 10.6 Å². The molecule has 0 aromatic heterocycles. The van der Waals surface area contributed by atoms with Crippen LogP contribution in [-0.2, 0) is 24.7 Å². The number of nitrogens with one attached hydrogen (secondary N) is 2. The lowest BCUT2D eigenvalue weighted by Gasteiger charge is -2.34. The van der Waals surface area contributed by atoms with Gasteiger partial charge in [-0.25, -0.2) is 0 Å². The third kappa shape index (κ3) is 2.70. The van der Waals surface area contributed by atoms with Crippen molar-refractivity contribution in [1.82, 2.24) is 10.2 Å². The minimum absolute atomic E-state index is 0.0387. The van der Waals surface area contributed by atoms with Gasteiger partial charge in [0, 0.05) is 23.6 Å². The van der Waals surface area contributed by atoms with E-state index in [1.165, 1.54) is 4.90 Å². The van der Waals surface area contributed by atoms with E-state index in [1.54, 1.807) is 26.8 Å². The summed E-state index contributed by atoms with van der Waals surface area (Å²) in [6.07, 6.45) is 0.286. The highest BCUT2D eigenvalue weighted by Gasteiger charge is 2.71. The Kier molecular flexibility index (Phi) is 4.52. The van der Waals surface area contributed by atoms with Gasteiger partial charge in [-0.2, -0.15) is 0 Å². The van der Waals surface area contributed by atoms with E-state index < -0.39 is 46.7 Å². The third-order valence-electron chi connectivity index (χ3n) is 6.29. The molecular weight excluding hydrogens is 408 g/mol. The third-order valence-corrected chi connectivity index (χ3v) is 6.59. The Labute approximate surface area is 179 Å². The minimum Gasteiger partial charge on any atom is -0.370 e. The van der Waals surface area contributed by atoms with Crippen molar-refractivity contribution >= 4 is 40.9 Å². The number of likely N-dealkylation sites (tertiary alicyclic amines) is 1. The van der Waals surface area contributed by atoms with E-state index in [0.717, 1.165) is 5.56 Å². The Bertz CT molecular complexity index is 1000. The van der Waals surface area contributed by atoms with Gasteiger partial charge >= 0.3 is 0 Å². The number of nitrogens with two attached hydrogens (primary N) is 1. The number of nitrogens with zero attached hydrogens (tertiary/aromatic N) is 1. The van der Waals surface area contributed by atoms with Crippen molar-refractivity contribution in [3.05, 3.63) is 28.3 Å². The molecule has 9 heteroatoms. The van der Waals surface area contributed by atoms with Crippen molar-refractivity contribution in [3.8, 4) is 0 Å². The predicted molar refractivity (Wildman–Crippen MR) is 110 cm³/mol. The number of carbonyl (C=O) groups is 4. The van der Waals surface area contributed by atoms with Crippen LogP contribution < -0.4 is 16.4 Å². The zero-order chi connectivity index (χ0) is 22.2. The summed E-state index contributed by atoms with van der Waals surface area (Å²) in [5.41, 5.74) is 5.00. The summed E-state index contributed by atoms with van der Waals surface area (Å²) >= 11 is 6.38. The highest BCUT2D eigenvalue weighted by atomic mass is 35.5. The molecule has 1 spiro atoms. The number of anilines is 1. The summed E-state index contributed by atoms with van der Waals surface area (Å²) in [4.78, 5) is 53.0. The molecule has 160 valence electrons. The summed E-state index contributed by atoms with van der Waals surface area (Å²) < 4.78 is 0. The number of benzene rings is 1. The SMILES string of the molecule is Cc1cc(Cl)c2c(c1)C1(NC(CCC(N)=O)C3C(=O)N(C(C)(C)C)C(=O)C31)C(=O)N2. The monoisotopic (exact) mass is 432 g/mol. The van der Waals surface area contributed by atoms with Crippen molar-refractivity contribution in [3.63, 3.8) is 0 Å². The number of halogens is 1. The standard InChI is InChI=1S/C21H25ClN4O4/c1-9-7-10-16(11(22)8-9)24-19(30)21(10)15-14(12(25-21)5-6-13(23)27)17(28)26(18(15)29)20(2,3)4/h7-8,12,14-15,25H,5-6H2,1-4H3,(H2,23,27)(H,24,30). The Morgan fingerprint density at radius 3 is 2.50 bits per heavy atom. The molecule has 3 heterocycles. The number of amides is 4. The molecule has 3 aliphatic rings. The predicted octanol–water partition coefficient (Wildman–Crippen LogP) is 1.43. The maximum Gasteiger partial charge on any atom is 0.250 e. The Balaban J connectivity index is 1.90. The van der Waals surface area contributed by atoms with Crippen LogP contribution in [0, 0.1) is 18.8 Å². The number of hydrogen-bond donors (Lipinski definition) is 3. The molecule has 3 aliphatic heterocycles. The van der Waals surface area contributed by atoms with Gasteiger partial charge in [-0.15, -0.1) is 0 Å². The first-order valence-electron chi connectivity index (χ1n) is 9.95. The van der Waals surface area contributed by atoms with Crippen LogP contribution in [0.3, 0.4) is 0 Å². The van der Waals surface area contributed by atoms with Crippen LogP contribution in [0.2, 0.25) is 5.02 Å². The number of rotatable bonds is 3. The summed E-state index contributed by atoms with van der Waals surface area (Å²) in [6.45, 7) is 7.20. The largest absolute Gasteiger partial charge is 0.370 e. The van der Waals surface area contributed by atoms with Gasteiger partial charge in [0.2, 0.25) is 23.6 Å². The maximum absolute atomic E-state index is 13.6. The first kappa shape index (κ1) is 20.8. The van der Waals surface area contributed by atoms with Crippen LogP contribution in [0.5, 0.6) is 0 Å². The lowest BCUT2D eigenvalue weighted by Crippen LogP contribution is -2.55. The fourth-order valence-corrected chi connectivity index (χ4v) is 5.52. The molecule has 1 aromatic carbocycles. The van der Waals surface area contributed by atoms with Crippen molar-refractivity contribution in [2.24, 2.45) is 17.6 Å². The highest BCUT2D eigenvalue weighted by molar-refractivity contribution is 6.35. The molecule has 4 unspecified atom stereocenters. The lowest BCUT2D eigenvalue weighted by molar-refractivity contribution is -0.148. The van der Waals surface area contributed by atoms with Gasteiger partial charge in [-0.1, -0.05) is 17.7 Å². The number of imide groups is 1. The maximum atomic E-state index is 13.6. The van der Waals surface area contributed by atoms with Crippen LogP contribution in [0.4, 0.5) is 5.69 Å². The van der Waals surface area contributed by atoms with E-state index in [0.29, 0.717) is 16.3 Å². The molecule has 2 saturated heterocycles. The number of fused-ring (bicyclic) bond motifs is 4. The van der Waals surface area contributed by atoms with Crippen molar-refractivity contribution in [2.75, 3.05) is 5.32 Å². The van der Waals surface area contributed by atoms with Gasteiger partial charge < -0.3 is 11.1 Å². The second kappa shape index (κ2) is 6.52. The number of aryl methyl sites for hydroxylation is 1. The van der Waals surface area contributed by atoms with E-state index in [1.807, 2.05) is 13.0 Å². The minimum atomic E-state index is -1.43. The molecule has 4 rings (SSSR count). The van der Waals surface area contributed by atoms with E-state index in [9.17, 15) is 19.2 Å². The fraction of sp³-hybridized carbons (Fsp3) is 0.524. The van der Waals surface area contributed by atoms with Crippen LogP contribution in [0.15, 0.2) is 12.1 Å². The zero-order valence-corrected chi connectivity index (χ0v) is 18.1. The average molecular weight is 433 g/mol. The van der Waals surface area contributed by atoms with Crippen LogP contribution >= 0.6 is 11.6 Å².